The summed E-state index contributed by atoms with van der Waals surface area (Å²) in [6.45, 7) is 10.9. The van der Waals surface area contributed by atoms with E-state index in [-0.39, 0.29) is 14.4 Å². The fourth-order valence-corrected chi connectivity index (χ4v) is 4.64. The lowest BCUT2D eigenvalue weighted by molar-refractivity contribution is -0.269. The minimum Gasteiger partial charge on any atom is -0.365 e. The van der Waals surface area contributed by atoms with Crippen molar-refractivity contribution >= 4 is 0 Å². The van der Waals surface area contributed by atoms with Gasteiger partial charge >= 0.3 is 2.85 Å². The van der Waals surface area contributed by atoms with E-state index in [1.807, 2.05) is 0 Å². The molecule has 17 heavy (non-hydrogen) atoms. The highest BCUT2D eigenvalue weighted by molar-refractivity contribution is 5.24. The molecule has 2 bridgehead atoms. The van der Waals surface area contributed by atoms with Gasteiger partial charge in [-0.05, 0) is 31.1 Å². The maximum absolute atomic E-state index is 10.8. The molecule has 5 atom stereocenters. The van der Waals surface area contributed by atoms with E-state index in [0.29, 0.717) is 24.2 Å². The van der Waals surface area contributed by atoms with E-state index >= 15 is 0 Å². The Bertz CT molecular complexity index is 371. The predicted octanol–water partition coefficient (Wildman–Crippen LogP) is 3.34. The van der Waals surface area contributed by atoms with Crippen molar-refractivity contribution in [3.8, 4) is 0 Å². The molecule has 2 heterocycles. The summed E-state index contributed by atoms with van der Waals surface area (Å²) in [5, 5.41) is 10.8. The topological polar surface area (TPSA) is 29.5 Å². The number of fused-ring (bicyclic) bond motifs is 1. The molecule has 0 radical (unpaired) electrons. The Morgan fingerprint density at radius 3 is 2.82 bits per heavy atom. The van der Waals surface area contributed by atoms with E-state index in [2.05, 4.69) is 27.4 Å². The van der Waals surface area contributed by atoms with Crippen molar-refractivity contribution < 1.29 is 12.7 Å². The first-order chi connectivity index (χ1) is 7.89. The number of rotatable bonds is 1. The molecule has 2 saturated heterocycles. The van der Waals surface area contributed by atoms with Crippen LogP contribution in [0.2, 0.25) is 0 Å². The molecule has 2 aliphatic heterocycles. The van der Waals surface area contributed by atoms with Crippen LogP contribution in [-0.2, 0) is 4.74 Å². The maximum Gasteiger partial charge on any atom is 1.00 e. The summed E-state index contributed by atoms with van der Waals surface area (Å²) in [5.74, 6) is 0.852. The van der Waals surface area contributed by atoms with Gasteiger partial charge in [-0.15, -0.1) is 0 Å². The van der Waals surface area contributed by atoms with E-state index < -0.39 is 5.79 Å². The molecule has 0 unspecified atom stereocenters. The molecule has 3 fully saturated rings. The summed E-state index contributed by atoms with van der Waals surface area (Å²) in [5.41, 5.74) is 1.13. The van der Waals surface area contributed by atoms with Crippen LogP contribution in [0.5, 0.6) is 0 Å². The monoisotopic (exact) mass is 238 g/mol. The van der Waals surface area contributed by atoms with Gasteiger partial charge in [0.25, 0.3) is 0 Å². The Kier molecular flexibility index (Phi) is 2.32. The quantitative estimate of drug-likeness (QED) is 0.710. The average Bonchev–Trinajstić information content (AvgIpc) is 2.65. The highest BCUT2D eigenvalue weighted by Gasteiger charge is 2.66. The third kappa shape index (κ3) is 1.34. The third-order valence-corrected chi connectivity index (χ3v) is 5.58. The van der Waals surface area contributed by atoms with Crippen molar-refractivity contribution in [3.05, 3.63) is 12.2 Å². The van der Waals surface area contributed by atoms with Gasteiger partial charge in [-0.1, -0.05) is 32.9 Å². The largest absolute Gasteiger partial charge is 1.00 e. The molecule has 3 aliphatic rings. The van der Waals surface area contributed by atoms with Crippen LogP contribution in [0, 0.1) is 23.7 Å². The minimum atomic E-state index is -0.930. The van der Waals surface area contributed by atoms with Crippen molar-refractivity contribution in [1.82, 2.24) is 0 Å². The number of hydrogen-bond acceptors (Lipinski definition) is 2. The van der Waals surface area contributed by atoms with Crippen LogP contribution in [0.25, 0.3) is 0 Å². The Morgan fingerprint density at radius 1 is 1.47 bits per heavy atom. The summed E-state index contributed by atoms with van der Waals surface area (Å²) in [4.78, 5) is 0. The van der Waals surface area contributed by atoms with Crippen LogP contribution < -0.4 is 0 Å². The number of ether oxygens (including phenoxy) is 1. The molecule has 2 heteroatoms. The molecule has 3 rings (SSSR count). The zero-order valence-electron chi connectivity index (χ0n) is 13.2. The Hall–Kier alpha value is -0.340. The molecular formula is C15H26O2+2. The lowest BCUT2D eigenvalue weighted by atomic mass is 9.77. The highest BCUT2D eigenvalue weighted by atomic mass is 16.6. The predicted molar refractivity (Wildman–Crippen MR) is 69.6 cm³/mol. The van der Waals surface area contributed by atoms with Gasteiger partial charge in [0.2, 0.25) is 0 Å². The van der Waals surface area contributed by atoms with Gasteiger partial charge in [0.1, 0.15) is 0 Å². The normalized spacial score (nSPS) is 53.2. The smallest absolute Gasteiger partial charge is 0.365 e. The van der Waals surface area contributed by atoms with Crippen molar-refractivity contribution in [2.24, 2.45) is 23.7 Å². The maximum atomic E-state index is 10.8. The van der Waals surface area contributed by atoms with Crippen LogP contribution in [0.4, 0.5) is 0 Å². The van der Waals surface area contributed by atoms with Gasteiger partial charge in [-0.2, -0.15) is 0 Å². The van der Waals surface area contributed by atoms with Crippen molar-refractivity contribution in [2.75, 3.05) is 0 Å². The Morgan fingerprint density at radius 2 is 2.18 bits per heavy atom. The average molecular weight is 238 g/mol. The van der Waals surface area contributed by atoms with Crippen molar-refractivity contribution in [2.45, 2.75) is 57.8 Å². The highest BCUT2D eigenvalue weighted by Crippen LogP contribution is 2.63. The number of hydrogen-bond donors (Lipinski definition) is 1. The van der Waals surface area contributed by atoms with E-state index in [9.17, 15) is 5.11 Å². The molecule has 0 aromatic carbocycles. The van der Waals surface area contributed by atoms with Gasteiger partial charge in [0.05, 0.1) is 5.60 Å². The number of aliphatic hydroxyl groups is 1. The summed E-state index contributed by atoms with van der Waals surface area (Å²) in [6, 6.07) is 0. The fourth-order valence-electron chi connectivity index (χ4n) is 4.64. The Balaban J connectivity index is 0.000000902. The molecule has 1 spiro atoms. The first-order valence-corrected chi connectivity index (χ1v) is 6.99. The van der Waals surface area contributed by atoms with Crippen LogP contribution in [0.3, 0.4) is 0 Å². The fraction of sp³-hybridized carbons (Fsp3) is 0.867. The molecule has 1 aliphatic carbocycles. The Labute approximate surface area is 107 Å². The summed E-state index contributed by atoms with van der Waals surface area (Å²) in [6.07, 6.45) is 4.08. The van der Waals surface area contributed by atoms with Gasteiger partial charge < -0.3 is 9.84 Å². The zero-order valence-corrected chi connectivity index (χ0v) is 11.2. The van der Waals surface area contributed by atoms with Crippen molar-refractivity contribution in [3.63, 3.8) is 0 Å². The molecule has 1 N–H and O–H groups in total. The molecule has 0 aromatic heterocycles. The van der Waals surface area contributed by atoms with Gasteiger partial charge in [-0.3, -0.25) is 0 Å². The minimum absolute atomic E-state index is 0. The summed E-state index contributed by atoms with van der Waals surface area (Å²) < 4.78 is 6.25. The summed E-state index contributed by atoms with van der Waals surface area (Å²) in [7, 11) is 0. The van der Waals surface area contributed by atoms with E-state index in [1.54, 1.807) is 0 Å². The standard InChI is InChI=1S/C15H24O2/c1-9(2)13-8-14-11(4)5-6-12(14)10(3)7-15(13,16)17-14/h9,11-13,16H,3,5-8H2,1-2,4H3/p+2/t11-,12-,13-,14-,15-/m0/s1. The second kappa shape index (κ2) is 3.36. The lowest BCUT2D eigenvalue weighted by Gasteiger charge is -2.43. The van der Waals surface area contributed by atoms with Gasteiger partial charge in [-0.25, -0.2) is 0 Å². The molecule has 2 nitrogen and oxygen atoms in total. The van der Waals surface area contributed by atoms with Gasteiger partial charge in [0.15, 0.2) is 5.79 Å². The molecule has 1 saturated carbocycles. The van der Waals surface area contributed by atoms with E-state index in [1.165, 1.54) is 18.4 Å². The lowest BCUT2D eigenvalue weighted by Crippen LogP contribution is -2.48. The van der Waals surface area contributed by atoms with Crippen LogP contribution >= 0.6 is 0 Å². The van der Waals surface area contributed by atoms with Gasteiger partial charge in [0, 0.05) is 18.3 Å². The first kappa shape index (κ1) is 11.7. The third-order valence-electron chi connectivity index (χ3n) is 5.58. The van der Waals surface area contributed by atoms with E-state index in [4.69, 9.17) is 4.74 Å². The molecule has 0 aromatic rings. The second-order valence-corrected chi connectivity index (χ2v) is 6.82. The molecular weight excluding hydrogens is 212 g/mol. The SMILES string of the molecule is C=C1C[C@]2(O)O[C@@]3(C[C@H]2C(C)C)[C@@H](C)CC[C@@H]13.[H+].[H+]. The van der Waals surface area contributed by atoms with Crippen LogP contribution in [0.15, 0.2) is 12.2 Å². The molecule has 0 amide bonds. The second-order valence-electron chi connectivity index (χ2n) is 6.82. The van der Waals surface area contributed by atoms with E-state index in [0.717, 1.165) is 6.42 Å². The first-order valence-electron chi connectivity index (χ1n) is 6.99. The van der Waals surface area contributed by atoms with Crippen molar-refractivity contribution in [1.29, 1.82) is 0 Å². The molecule has 96 valence electrons. The van der Waals surface area contributed by atoms with Crippen LogP contribution in [0.1, 0.15) is 49.3 Å². The van der Waals surface area contributed by atoms with Crippen LogP contribution in [-0.4, -0.2) is 16.5 Å². The summed E-state index contributed by atoms with van der Waals surface area (Å²) >= 11 is 0. The zero-order chi connectivity index (χ0) is 12.4.